The average Bonchev–Trinajstić information content (AvgIpc) is 3.03. The van der Waals surface area contributed by atoms with Crippen LogP contribution in [0.4, 0.5) is 0 Å². The minimum absolute atomic E-state index is 0.0184. The molecule has 0 aromatic heterocycles. The van der Waals surface area contributed by atoms with Crippen molar-refractivity contribution in [2.45, 2.75) is 90.2 Å². The van der Waals surface area contributed by atoms with Crippen molar-refractivity contribution >= 4 is 14.3 Å². The standard InChI is InChI=1S/C20H34O5Si/c1-12(21)22-11-13-9-15(25-26(7,8)19(2,3)4)14-10-16-18(17(13)14)24-20(5,6)23-16/h9,14-18H,10-11H2,1-8H3/t14-,15+,16+,17+,18+/m0/s1. The van der Waals surface area contributed by atoms with Crippen molar-refractivity contribution in [1.29, 1.82) is 0 Å². The lowest BCUT2D eigenvalue weighted by Crippen LogP contribution is -2.45. The molecule has 0 aromatic carbocycles. The van der Waals surface area contributed by atoms with Crippen molar-refractivity contribution in [3.8, 4) is 0 Å². The van der Waals surface area contributed by atoms with Crippen LogP contribution in [0, 0.1) is 11.8 Å². The van der Waals surface area contributed by atoms with E-state index in [2.05, 4.69) is 39.9 Å². The van der Waals surface area contributed by atoms with Crippen LogP contribution in [-0.2, 0) is 23.4 Å². The van der Waals surface area contributed by atoms with Gasteiger partial charge in [-0.15, -0.1) is 0 Å². The summed E-state index contributed by atoms with van der Waals surface area (Å²) in [5, 5.41) is 0.151. The molecule has 0 N–H and O–H groups in total. The van der Waals surface area contributed by atoms with Crippen molar-refractivity contribution in [2.24, 2.45) is 11.8 Å². The van der Waals surface area contributed by atoms with Gasteiger partial charge in [-0.3, -0.25) is 4.79 Å². The van der Waals surface area contributed by atoms with Crippen LogP contribution in [0.2, 0.25) is 18.1 Å². The maximum Gasteiger partial charge on any atom is 0.302 e. The lowest BCUT2D eigenvalue weighted by atomic mass is 9.92. The zero-order chi connectivity index (χ0) is 19.5. The summed E-state index contributed by atoms with van der Waals surface area (Å²) in [6.07, 6.45) is 3.28. The quantitative estimate of drug-likeness (QED) is 0.417. The Kier molecular flexibility index (Phi) is 4.96. The van der Waals surface area contributed by atoms with Crippen molar-refractivity contribution < 1.29 is 23.4 Å². The van der Waals surface area contributed by atoms with E-state index in [9.17, 15) is 4.79 Å². The smallest absolute Gasteiger partial charge is 0.302 e. The highest BCUT2D eigenvalue weighted by Crippen LogP contribution is 2.53. The number of carbonyl (C=O) groups excluding carboxylic acids is 1. The number of rotatable bonds is 4. The van der Waals surface area contributed by atoms with Crippen molar-refractivity contribution in [3.05, 3.63) is 11.6 Å². The Morgan fingerprint density at radius 1 is 1.31 bits per heavy atom. The number of esters is 1. The van der Waals surface area contributed by atoms with Crippen molar-refractivity contribution in [1.82, 2.24) is 0 Å². The summed E-state index contributed by atoms with van der Waals surface area (Å²) >= 11 is 0. The first-order valence-corrected chi connectivity index (χ1v) is 12.6. The lowest BCUT2D eigenvalue weighted by Gasteiger charge is -2.39. The summed E-state index contributed by atoms with van der Waals surface area (Å²) in [5.74, 6) is -0.267. The monoisotopic (exact) mass is 382 g/mol. The van der Waals surface area contributed by atoms with E-state index in [0.29, 0.717) is 12.5 Å². The fraction of sp³-hybridized carbons (Fsp3) is 0.850. The van der Waals surface area contributed by atoms with Gasteiger partial charge in [-0.05, 0) is 49.9 Å². The van der Waals surface area contributed by atoms with E-state index in [4.69, 9.17) is 18.6 Å². The van der Waals surface area contributed by atoms with Gasteiger partial charge in [0.15, 0.2) is 14.1 Å². The minimum Gasteiger partial charge on any atom is -0.461 e. The topological polar surface area (TPSA) is 54.0 Å². The summed E-state index contributed by atoms with van der Waals surface area (Å²) in [4.78, 5) is 11.3. The van der Waals surface area contributed by atoms with E-state index in [1.54, 1.807) is 0 Å². The summed E-state index contributed by atoms with van der Waals surface area (Å²) in [6, 6.07) is 0. The molecule has 1 saturated heterocycles. The summed E-state index contributed by atoms with van der Waals surface area (Å²) in [7, 11) is -1.90. The van der Waals surface area contributed by atoms with Gasteiger partial charge in [-0.2, -0.15) is 0 Å². The highest BCUT2D eigenvalue weighted by molar-refractivity contribution is 6.74. The van der Waals surface area contributed by atoms with Crippen LogP contribution in [-0.4, -0.2) is 45.0 Å². The SMILES string of the molecule is CC(=O)OCC1=C[C@@H](O[Si](C)(C)C(C)(C)C)[C@@H]2C[C@H]3OC(C)(C)O[C@H]3[C@H]12. The molecule has 0 unspecified atom stereocenters. The molecule has 0 radical (unpaired) electrons. The van der Waals surface area contributed by atoms with Gasteiger partial charge in [0.05, 0.1) is 18.3 Å². The molecule has 0 amide bonds. The second-order valence-corrected chi connectivity index (χ2v) is 14.7. The highest BCUT2D eigenvalue weighted by atomic mass is 28.4. The third-order valence-corrected chi connectivity index (χ3v) is 10.9. The van der Waals surface area contributed by atoms with Gasteiger partial charge >= 0.3 is 5.97 Å². The van der Waals surface area contributed by atoms with E-state index >= 15 is 0 Å². The number of fused-ring (bicyclic) bond motifs is 3. The third-order valence-electron chi connectivity index (χ3n) is 6.45. The van der Waals surface area contributed by atoms with Crippen LogP contribution in [0.15, 0.2) is 11.6 Å². The normalized spacial score (nSPS) is 35.8. The van der Waals surface area contributed by atoms with E-state index in [-0.39, 0.29) is 35.2 Å². The molecule has 2 fully saturated rings. The van der Waals surface area contributed by atoms with Gasteiger partial charge in [0.1, 0.15) is 6.61 Å². The second kappa shape index (κ2) is 6.43. The molecule has 1 saturated carbocycles. The first-order valence-electron chi connectivity index (χ1n) is 9.68. The van der Waals surface area contributed by atoms with Crippen LogP contribution in [0.3, 0.4) is 0 Å². The van der Waals surface area contributed by atoms with Crippen molar-refractivity contribution in [2.75, 3.05) is 6.61 Å². The van der Waals surface area contributed by atoms with E-state index in [1.165, 1.54) is 6.92 Å². The average molecular weight is 383 g/mol. The number of carbonyl (C=O) groups is 1. The predicted molar refractivity (Wildman–Crippen MR) is 102 cm³/mol. The van der Waals surface area contributed by atoms with Crippen LogP contribution in [0.5, 0.6) is 0 Å². The largest absolute Gasteiger partial charge is 0.461 e. The minimum atomic E-state index is -1.90. The molecular weight excluding hydrogens is 348 g/mol. The van der Waals surface area contributed by atoms with Crippen LogP contribution in [0.25, 0.3) is 0 Å². The van der Waals surface area contributed by atoms with Gasteiger partial charge in [0, 0.05) is 12.8 Å². The molecular formula is C20H34O5Si. The molecule has 3 rings (SSSR count). The molecule has 0 spiro atoms. The van der Waals surface area contributed by atoms with Gasteiger partial charge in [-0.1, -0.05) is 26.8 Å². The Morgan fingerprint density at radius 2 is 1.96 bits per heavy atom. The molecule has 1 heterocycles. The number of hydrogen-bond acceptors (Lipinski definition) is 5. The third kappa shape index (κ3) is 3.66. The van der Waals surface area contributed by atoms with Gasteiger partial charge in [0.25, 0.3) is 0 Å². The maximum atomic E-state index is 11.3. The highest BCUT2D eigenvalue weighted by Gasteiger charge is 2.59. The summed E-state index contributed by atoms with van der Waals surface area (Å²) in [5.41, 5.74) is 1.13. The molecule has 2 aliphatic carbocycles. The van der Waals surface area contributed by atoms with Gasteiger partial charge < -0.3 is 18.6 Å². The molecule has 0 bridgehead atoms. The maximum absolute atomic E-state index is 11.3. The zero-order valence-electron chi connectivity index (χ0n) is 17.4. The van der Waals surface area contributed by atoms with Gasteiger partial charge in [0.2, 0.25) is 0 Å². The lowest BCUT2D eigenvalue weighted by molar-refractivity contribution is -0.160. The van der Waals surface area contributed by atoms with Crippen molar-refractivity contribution in [3.63, 3.8) is 0 Å². The molecule has 1 aliphatic heterocycles. The Labute approximate surface area is 158 Å². The first kappa shape index (κ1) is 20.1. The molecule has 26 heavy (non-hydrogen) atoms. The summed E-state index contributed by atoms with van der Waals surface area (Å²) < 4.78 is 24.4. The van der Waals surface area contributed by atoms with Crippen LogP contribution < -0.4 is 0 Å². The molecule has 5 nitrogen and oxygen atoms in total. The molecule has 6 heteroatoms. The predicted octanol–water partition coefficient (Wildman–Crippen LogP) is 4.04. The zero-order valence-corrected chi connectivity index (χ0v) is 18.4. The fourth-order valence-electron chi connectivity index (χ4n) is 4.25. The first-order chi connectivity index (χ1) is 11.8. The Bertz CT molecular complexity index is 604. The molecule has 5 atom stereocenters. The summed E-state index contributed by atoms with van der Waals surface area (Å²) in [6.45, 7) is 17.0. The van der Waals surface area contributed by atoms with Crippen LogP contribution >= 0.6 is 0 Å². The molecule has 3 aliphatic rings. The van der Waals surface area contributed by atoms with E-state index in [0.717, 1.165) is 12.0 Å². The van der Waals surface area contributed by atoms with Gasteiger partial charge in [-0.25, -0.2) is 0 Å². The Hall–Kier alpha value is -0.693. The molecule has 148 valence electrons. The van der Waals surface area contributed by atoms with E-state index in [1.807, 2.05) is 13.8 Å². The fourth-order valence-corrected chi connectivity index (χ4v) is 5.52. The Morgan fingerprint density at radius 3 is 2.54 bits per heavy atom. The number of hydrogen-bond donors (Lipinski definition) is 0. The van der Waals surface area contributed by atoms with Crippen LogP contribution in [0.1, 0.15) is 48.0 Å². The van der Waals surface area contributed by atoms with E-state index < -0.39 is 14.1 Å². The number of ether oxygens (including phenoxy) is 3. The molecule has 0 aromatic rings. The second-order valence-electron chi connectivity index (χ2n) is 9.93. The Balaban J connectivity index is 1.83.